The standard InChI is InChI=1S/C23H30N6O2/c1-4-24-23(25-10-8-22-27-26-21-7-5-6-11-29(21)22)28-12-9-17(16-28)18-13-19(30-2)15-20(14-18)31-3/h5-7,11,13-15,17H,4,8-10,12,16H2,1-3H3,(H,24,25). The van der Waals surface area contributed by atoms with E-state index in [-0.39, 0.29) is 0 Å². The third-order valence-electron chi connectivity index (χ3n) is 5.65. The van der Waals surface area contributed by atoms with Crippen LogP contribution in [0.1, 0.15) is 30.7 Å². The third-order valence-corrected chi connectivity index (χ3v) is 5.65. The van der Waals surface area contributed by atoms with Crippen molar-refractivity contribution in [2.45, 2.75) is 25.7 Å². The molecule has 3 heterocycles. The van der Waals surface area contributed by atoms with Gasteiger partial charge in [0.25, 0.3) is 0 Å². The zero-order valence-electron chi connectivity index (χ0n) is 18.4. The van der Waals surface area contributed by atoms with Crippen LogP contribution in [0.3, 0.4) is 0 Å². The number of rotatable bonds is 7. The Bertz CT molecular complexity index is 1030. The fraction of sp³-hybridized carbons (Fsp3) is 0.435. The van der Waals surface area contributed by atoms with Crippen molar-refractivity contribution in [2.75, 3.05) is 40.4 Å². The van der Waals surface area contributed by atoms with Gasteiger partial charge in [0.15, 0.2) is 11.6 Å². The molecule has 1 N–H and O–H groups in total. The summed E-state index contributed by atoms with van der Waals surface area (Å²) in [6.07, 6.45) is 3.80. The number of methoxy groups -OCH3 is 2. The number of hydrogen-bond acceptors (Lipinski definition) is 5. The summed E-state index contributed by atoms with van der Waals surface area (Å²) in [6.45, 7) is 5.47. The lowest BCUT2D eigenvalue weighted by atomic mass is 9.98. The number of hydrogen-bond donors (Lipinski definition) is 1. The van der Waals surface area contributed by atoms with Gasteiger partial charge in [0, 0.05) is 50.8 Å². The van der Waals surface area contributed by atoms with Crippen LogP contribution in [0.5, 0.6) is 11.5 Å². The smallest absolute Gasteiger partial charge is 0.193 e. The molecule has 0 aliphatic carbocycles. The van der Waals surface area contributed by atoms with Crippen molar-refractivity contribution < 1.29 is 9.47 Å². The molecular formula is C23H30N6O2. The molecule has 31 heavy (non-hydrogen) atoms. The minimum absolute atomic E-state index is 0.410. The quantitative estimate of drug-likeness (QED) is 0.466. The van der Waals surface area contributed by atoms with E-state index in [4.69, 9.17) is 14.5 Å². The van der Waals surface area contributed by atoms with E-state index < -0.39 is 0 Å². The van der Waals surface area contributed by atoms with Gasteiger partial charge in [0.05, 0.1) is 14.2 Å². The van der Waals surface area contributed by atoms with Crippen LogP contribution >= 0.6 is 0 Å². The van der Waals surface area contributed by atoms with Crippen LogP contribution in [0.4, 0.5) is 0 Å². The maximum atomic E-state index is 5.45. The monoisotopic (exact) mass is 422 g/mol. The minimum atomic E-state index is 0.410. The number of benzene rings is 1. The Labute approximate surface area is 182 Å². The van der Waals surface area contributed by atoms with Crippen LogP contribution in [-0.4, -0.2) is 65.9 Å². The molecule has 2 aromatic heterocycles. The van der Waals surface area contributed by atoms with E-state index >= 15 is 0 Å². The Kier molecular flexibility index (Phi) is 6.54. The number of pyridine rings is 1. The Balaban J connectivity index is 1.44. The highest BCUT2D eigenvalue weighted by molar-refractivity contribution is 5.80. The third kappa shape index (κ3) is 4.73. The van der Waals surface area contributed by atoms with Gasteiger partial charge in [-0.05, 0) is 43.2 Å². The van der Waals surface area contributed by atoms with Crippen LogP contribution in [0.15, 0.2) is 47.6 Å². The molecule has 8 nitrogen and oxygen atoms in total. The highest BCUT2D eigenvalue weighted by Crippen LogP contribution is 2.32. The molecule has 1 unspecified atom stereocenters. The van der Waals surface area contributed by atoms with E-state index in [0.717, 1.165) is 61.4 Å². The highest BCUT2D eigenvalue weighted by atomic mass is 16.5. The van der Waals surface area contributed by atoms with Crippen LogP contribution in [0.25, 0.3) is 5.65 Å². The predicted molar refractivity (Wildman–Crippen MR) is 121 cm³/mol. The number of aromatic nitrogens is 3. The highest BCUT2D eigenvalue weighted by Gasteiger charge is 2.27. The molecular weight excluding hydrogens is 392 g/mol. The van der Waals surface area contributed by atoms with Gasteiger partial charge in [0.2, 0.25) is 0 Å². The van der Waals surface area contributed by atoms with Crippen LogP contribution in [0, 0.1) is 0 Å². The molecule has 0 saturated carbocycles. The molecule has 0 spiro atoms. The van der Waals surface area contributed by atoms with E-state index in [0.29, 0.717) is 12.5 Å². The zero-order chi connectivity index (χ0) is 21.6. The molecule has 164 valence electrons. The first-order valence-electron chi connectivity index (χ1n) is 10.8. The van der Waals surface area contributed by atoms with Gasteiger partial charge in [-0.3, -0.25) is 9.39 Å². The molecule has 1 aromatic carbocycles. The van der Waals surface area contributed by atoms with E-state index in [9.17, 15) is 0 Å². The van der Waals surface area contributed by atoms with E-state index in [2.05, 4.69) is 39.5 Å². The Morgan fingerprint density at radius 3 is 2.71 bits per heavy atom. The first kappa shape index (κ1) is 21.0. The molecule has 0 radical (unpaired) electrons. The second-order valence-electron chi connectivity index (χ2n) is 7.61. The average molecular weight is 423 g/mol. The Morgan fingerprint density at radius 2 is 1.97 bits per heavy atom. The van der Waals surface area contributed by atoms with Crippen LogP contribution in [0.2, 0.25) is 0 Å². The topological polar surface area (TPSA) is 76.3 Å². The maximum absolute atomic E-state index is 5.45. The van der Waals surface area contributed by atoms with Gasteiger partial charge in [-0.15, -0.1) is 10.2 Å². The zero-order valence-corrected chi connectivity index (χ0v) is 18.4. The van der Waals surface area contributed by atoms with Crippen molar-refractivity contribution in [3.8, 4) is 11.5 Å². The largest absolute Gasteiger partial charge is 0.497 e. The number of fused-ring (bicyclic) bond motifs is 1. The van der Waals surface area contributed by atoms with E-state index in [1.54, 1.807) is 14.2 Å². The summed E-state index contributed by atoms with van der Waals surface area (Å²) in [5.74, 6) is 3.95. The van der Waals surface area contributed by atoms with Crippen LogP contribution in [-0.2, 0) is 6.42 Å². The molecule has 0 amide bonds. The minimum Gasteiger partial charge on any atom is -0.497 e. The van der Waals surface area contributed by atoms with Crippen molar-refractivity contribution in [2.24, 2.45) is 4.99 Å². The molecule has 4 rings (SSSR count). The molecule has 1 aliphatic rings. The number of nitrogens with one attached hydrogen (secondary N) is 1. The summed E-state index contributed by atoms with van der Waals surface area (Å²) in [5.41, 5.74) is 2.11. The number of likely N-dealkylation sites (tertiary alicyclic amines) is 1. The summed E-state index contributed by atoms with van der Waals surface area (Å²) >= 11 is 0. The van der Waals surface area contributed by atoms with Gasteiger partial charge in [0.1, 0.15) is 17.3 Å². The number of guanidine groups is 1. The van der Waals surface area contributed by atoms with Crippen molar-refractivity contribution in [3.63, 3.8) is 0 Å². The second-order valence-corrected chi connectivity index (χ2v) is 7.61. The van der Waals surface area contributed by atoms with Gasteiger partial charge < -0.3 is 19.7 Å². The number of nitrogens with zero attached hydrogens (tertiary/aromatic N) is 5. The second kappa shape index (κ2) is 9.68. The lowest BCUT2D eigenvalue weighted by molar-refractivity contribution is 0.392. The van der Waals surface area contributed by atoms with Crippen molar-refractivity contribution in [1.82, 2.24) is 24.8 Å². The number of ether oxygens (including phenoxy) is 2. The fourth-order valence-electron chi connectivity index (χ4n) is 4.04. The molecule has 0 bridgehead atoms. The lowest BCUT2D eigenvalue weighted by Gasteiger charge is -2.22. The van der Waals surface area contributed by atoms with Crippen molar-refractivity contribution in [3.05, 3.63) is 54.0 Å². The maximum Gasteiger partial charge on any atom is 0.193 e. The molecule has 1 aliphatic heterocycles. The summed E-state index contributed by atoms with van der Waals surface area (Å²) in [6, 6.07) is 12.0. The molecule has 1 saturated heterocycles. The fourth-order valence-corrected chi connectivity index (χ4v) is 4.04. The van der Waals surface area contributed by atoms with Crippen molar-refractivity contribution >= 4 is 11.6 Å². The lowest BCUT2D eigenvalue weighted by Crippen LogP contribution is -2.40. The van der Waals surface area contributed by atoms with Gasteiger partial charge in [-0.25, -0.2) is 0 Å². The van der Waals surface area contributed by atoms with Gasteiger partial charge >= 0.3 is 0 Å². The summed E-state index contributed by atoms with van der Waals surface area (Å²) in [5, 5.41) is 12.0. The Morgan fingerprint density at radius 1 is 1.16 bits per heavy atom. The average Bonchev–Trinajstić information content (AvgIpc) is 3.46. The van der Waals surface area contributed by atoms with Crippen molar-refractivity contribution in [1.29, 1.82) is 0 Å². The summed E-state index contributed by atoms with van der Waals surface area (Å²) in [7, 11) is 3.38. The van der Waals surface area contributed by atoms with Gasteiger partial charge in [-0.2, -0.15) is 0 Å². The molecule has 3 aromatic rings. The molecule has 1 atom stereocenters. The van der Waals surface area contributed by atoms with Crippen LogP contribution < -0.4 is 14.8 Å². The predicted octanol–water partition coefficient (Wildman–Crippen LogP) is 2.74. The first-order chi connectivity index (χ1) is 15.2. The Hall–Kier alpha value is -3.29. The molecule has 8 heteroatoms. The summed E-state index contributed by atoms with van der Waals surface area (Å²) < 4.78 is 12.9. The van der Waals surface area contributed by atoms with E-state index in [1.807, 2.05) is 34.9 Å². The SMILES string of the molecule is CCNC(=NCCc1nnc2ccccn12)N1CCC(c2cc(OC)cc(OC)c2)C1. The molecule has 1 fully saturated rings. The summed E-state index contributed by atoms with van der Waals surface area (Å²) in [4.78, 5) is 7.21. The number of aliphatic imine (C=N–C) groups is 1. The first-order valence-corrected chi connectivity index (χ1v) is 10.8. The van der Waals surface area contributed by atoms with E-state index in [1.165, 1.54) is 5.56 Å². The van der Waals surface area contributed by atoms with Gasteiger partial charge in [-0.1, -0.05) is 6.07 Å². The normalized spacial score (nSPS) is 16.7.